The Labute approximate surface area is 104 Å². The SMILES string of the molecule is CCCCc1c(O)[n+]2cccc3ccn(c1=O)c32. The molecule has 3 aromatic heterocycles. The van der Waals surface area contributed by atoms with E-state index in [1.54, 1.807) is 21.2 Å². The molecule has 0 aliphatic heterocycles. The maximum absolute atomic E-state index is 12.3. The van der Waals surface area contributed by atoms with Crippen LogP contribution in [0.1, 0.15) is 25.3 Å². The highest BCUT2D eigenvalue weighted by Crippen LogP contribution is 2.16. The Bertz CT molecular complexity index is 761. The van der Waals surface area contributed by atoms with Gasteiger partial charge in [0.05, 0.1) is 11.6 Å². The van der Waals surface area contributed by atoms with E-state index < -0.39 is 0 Å². The van der Waals surface area contributed by atoms with E-state index >= 15 is 0 Å². The minimum Gasteiger partial charge on any atom is -0.477 e. The minimum atomic E-state index is -0.109. The first-order chi connectivity index (χ1) is 8.74. The molecule has 0 aliphatic carbocycles. The van der Waals surface area contributed by atoms with E-state index in [1.807, 2.05) is 18.2 Å². The molecule has 0 spiro atoms. The standard InChI is InChI=1S/C14H14N2O2/c1-2-3-6-11-13(17)15-8-4-5-10-7-9-16(12(10)15)14(11)18/h4-5,7-9H,2-3,6H2,1H3/p+1. The van der Waals surface area contributed by atoms with Gasteiger partial charge < -0.3 is 5.11 Å². The first kappa shape index (κ1) is 11.0. The molecule has 0 saturated carbocycles. The van der Waals surface area contributed by atoms with Gasteiger partial charge in [0, 0.05) is 0 Å². The predicted molar refractivity (Wildman–Crippen MR) is 68.3 cm³/mol. The number of aromatic hydroxyl groups is 1. The van der Waals surface area contributed by atoms with Crippen LogP contribution in [0.5, 0.6) is 5.88 Å². The van der Waals surface area contributed by atoms with Gasteiger partial charge in [-0.15, -0.1) is 0 Å². The fourth-order valence-electron chi connectivity index (χ4n) is 2.42. The van der Waals surface area contributed by atoms with Crippen LogP contribution in [0.15, 0.2) is 35.4 Å². The highest BCUT2D eigenvalue weighted by molar-refractivity contribution is 5.73. The zero-order valence-electron chi connectivity index (χ0n) is 10.3. The van der Waals surface area contributed by atoms with Crippen LogP contribution in [-0.4, -0.2) is 9.51 Å². The zero-order valence-corrected chi connectivity index (χ0v) is 10.3. The first-order valence-electron chi connectivity index (χ1n) is 6.23. The second-order valence-electron chi connectivity index (χ2n) is 4.55. The van der Waals surface area contributed by atoms with Gasteiger partial charge in [-0.1, -0.05) is 13.3 Å². The quantitative estimate of drug-likeness (QED) is 0.709. The Morgan fingerprint density at radius 2 is 2.22 bits per heavy atom. The van der Waals surface area contributed by atoms with Gasteiger partial charge in [-0.3, -0.25) is 0 Å². The lowest BCUT2D eigenvalue weighted by Gasteiger charge is -2.02. The molecule has 3 heterocycles. The monoisotopic (exact) mass is 243 g/mol. The Balaban J connectivity index is 2.40. The Morgan fingerprint density at radius 1 is 1.39 bits per heavy atom. The summed E-state index contributed by atoms with van der Waals surface area (Å²) in [4.78, 5) is 12.3. The number of rotatable bonds is 3. The number of hydrogen-bond donors (Lipinski definition) is 1. The normalized spacial score (nSPS) is 11.6. The molecule has 3 aromatic rings. The molecular weight excluding hydrogens is 228 g/mol. The van der Waals surface area contributed by atoms with Crippen molar-refractivity contribution in [3.63, 3.8) is 0 Å². The van der Waals surface area contributed by atoms with Crippen molar-refractivity contribution in [2.24, 2.45) is 0 Å². The number of hydrogen-bond acceptors (Lipinski definition) is 2. The van der Waals surface area contributed by atoms with Crippen LogP contribution in [0.4, 0.5) is 0 Å². The topological polar surface area (TPSA) is 45.8 Å². The summed E-state index contributed by atoms with van der Waals surface area (Å²) >= 11 is 0. The lowest BCUT2D eigenvalue weighted by Crippen LogP contribution is -2.32. The van der Waals surface area contributed by atoms with Crippen LogP contribution >= 0.6 is 0 Å². The Kier molecular flexibility index (Phi) is 2.44. The van der Waals surface area contributed by atoms with Gasteiger partial charge in [-0.2, -0.15) is 8.80 Å². The molecule has 3 rings (SSSR count). The number of aromatic nitrogens is 2. The van der Waals surface area contributed by atoms with E-state index in [0.717, 1.165) is 23.9 Å². The highest BCUT2D eigenvalue weighted by Gasteiger charge is 2.23. The molecule has 0 bridgehead atoms. The summed E-state index contributed by atoms with van der Waals surface area (Å²) in [5.74, 6) is 0.0743. The van der Waals surface area contributed by atoms with Crippen LogP contribution in [-0.2, 0) is 6.42 Å². The van der Waals surface area contributed by atoms with E-state index in [1.165, 1.54) is 0 Å². The molecule has 0 fully saturated rings. The highest BCUT2D eigenvalue weighted by atomic mass is 16.3. The molecule has 0 radical (unpaired) electrons. The second kappa shape index (κ2) is 3.98. The molecule has 92 valence electrons. The summed E-state index contributed by atoms with van der Waals surface area (Å²) in [5.41, 5.74) is 1.13. The van der Waals surface area contributed by atoms with Crippen molar-refractivity contribution < 1.29 is 9.51 Å². The number of pyridine rings is 1. The largest absolute Gasteiger partial charge is 0.477 e. The van der Waals surface area contributed by atoms with Gasteiger partial charge in [-0.05, 0) is 31.0 Å². The van der Waals surface area contributed by atoms with Crippen LogP contribution in [0.25, 0.3) is 11.0 Å². The average molecular weight is 243 g/mol. The van der Waals surface area contributed by atoms with Gasteiger partial charge >= 0.3 is 11.2 Å². The molecule has 0 amide bonds. The van der Waals surface area contributed by atoms with Crippen molar-refractivity contribution in [2.75, 3.05) is 0 Å². The van der Waals surface area contributed by atoms with Crippen molar-refractivity contribution >= 4 is 11.0 Å². The van der Waals surface area contributed by atoms with Crippen molar-refractivity contribution in [3.8, 4) is 5.88 Å². The fraction of sp³-hybridized carbons (Fsp3) is 0.286. The zero-order chi connectivity index (χ0) is 12.7. The molecule has 0 unspecified atom stereocenters. The number of unbranched alkanes of at least 4 members (excludes halogenated alkanes) is 1. The third-order valence-electron chi connectivity index (χ3n) is 3.38. The van der Waals surface area contributed by atoms with E-state index in [-0.39, 0.29) is 11.4 Å². The third-order valence-corrected chi connectivity index (χ3v) is 3.38. The molecule has 0 atom stereocenters. The van der Waals surface area contributed by atoms with E-state index in [4.69, 9.17) is 0 Å². The average Bonchev–Trinajstić information content (AvgIpc) is 2.81. The summed E-state index contributed by atoms with van der Waals surface area (Å²) in [6, 6.07) is 5.69. The van der Waals surface area contributed by atoms with Gasteiger partial charge in [0.1, 0.15) is 11.8 Å². The minimum absolute atomic E-state index is 0.0743. The summed E-state index contributed by atoms with van der Waals surface area (Å²) < 4.78 is 3.29. The molecule has 1 N–H and O–H groups in total. The maximum atomic E-state index is 12.3. The van der Waals surface area contributed by atoms with Crippen molar-refractivity contribution in [1.82, 2.24) is 4.40 Å². The summed E-state index contributed by atoms with van der Waals surface area (Å²) in [5, 5.41) is 11.2. The molecule has 0 saturated heterocycles. The second-order valence-corrected chi connectivity index (χ2v) is 4.55. The Hall–Kier alpha value is -2.10. The lowest BCUT2D eigenvalue weighted by molar-refractivity contribution is -0.525. The molecule has 0 aliphatic rings. The van der Waals surface area contributed by atoms with Gasteiger partial charge in [0.2, 0.25) is 0 Å². The van der Waals surface area contributed by atoms with Crippen molar-refractivity contribution in [3.05, 3.63) is 46.5 Å². The summed E-state index contributed by atoms with van der Waals surface area (Å²) in [6.07, 6.45) is 6.06. The van der Waals surface area contributed by atoms with Gasteiger partial charge in [-0.25, -0.2) is 4.79 Å². The van der Waals surface area contributed by atoms with Crippen molar-refractivity contribution in [2.45, 2.75) is 26.2 Å². The number of nitrogens with zero attached hydrogens (tertiary/aromatic N) is 2. The molecular formula is C14H15N2O2+. The van der Waals surface area contributed by atoms with Crippen LogP contribution in [0, 0.1) is 0 Å². The summed E-state index contributed by atoms with van der Waals surface area (Å²) in [6.45, 7) is 2.07. The van der Waals surface area contributed by atoms with E-state index in [0.29, 0.717) is 12.0 Å². The third kappa shape index (κ3) is 1.38. The molecule has 0 aromatic carbocycles. The van der Waals surface area contributed by atoms with Crippen LogP contribution < -0.4 is 9.96 Å². The lowest BCUT2D eigenvalue weighted by atomic mass is 10.1. The molecule has 4 nitrogen and oxygen atoms in total. The van der Waals surface area contributed by atoms with E-state index in [9.17, 15) is 9.90 Å². The smallest absolute Gasteiger partial charge is 0.349 e. The molecule has 4 heteroatoms. The molecule has 18 heavy (non-hydrogen) atoms. The van der Waals surface area contributed by atoms with Crippen LogP contribution in [0.2, 0.25) is 0 Å². The van der Waals surface area contributed by atoms with Crippen molar-refractivity contribution in [1.29, 1.82) is 0 Å². The maximum Gasteiger partial charge on any atom is 0.349 e. The van der Waals surface area contributed by atoms with E-state index in [2.05, 4.69) is 6.92 Å². The van der Waals surface area contributed by atoms with Crippen LogP contribution in [0.3, 0.4) is 0 Å². The first-order valence-corrected chi connectivity index (χ1v) is 6.23. The predicted octanol–water partition coefficient (Wildman–Crippen LogP) is 1.52. The van der Waals surface area contributed by atoms with Gasteiger partial charge in [0.25, 0.3) is 5.88 Å². The summed E-state index contributed by atoms with van der Waals surface area (Å²) in [7, 11) is 0. The Morgan fingerprint density at radius 3 is 3.00 bits per heavy atom. The fourth-order valence-corrected chi connectivity index (χ4v) is 2.42. The van der Waals surface area contributed by atoms with Gasteiger partial charge in [0.15, 0.2) is 0 Å².